The van der Waals surface area contributed by atoms with E-state index in [1.807, 2.05) is 12.1 Å². The number of aryl methyl sites for hydroxylation is 1. The van der Waals surface area contributed by atoms with Gasteiger partial charge in [-0.2, -0.15) is 0 Å². The number of fused-ring (bicyclic) bond motifs is 1. The first-order valence-electron chi connectivity index (χ1n) is 7.99. The summed E-state index contributed by atoms with van der Waals surface area (Å²) in [5.41, 5.74) is 2.36. The Labute approximate surface area is 121 Å². The van der Waals surface area contributed by atoms with Crippen LogP contribution in [0.4, 0.5) is 0 Å². The molecule has 0 amide bonds. The molecule has 3 nitrogen and oxygen atoms in total. The number of piperidine rings is 1. The topological polar surface area (TPSA) is 32.7 Å². The number of aliphatic hydroxyl groups is 1. The minimum absolute atomic E-state index is 0.301. The lowest BCUT2D eigenvalue weighted by molar-refractivity contribution is 0.155. The number of nitrogens with zero attached hydrogens (tertiary/aromatic N) is 1. The van der Waals surface area contributed by atoms with E-state index < -0.39 is 0 Å². The molecule has 2 aliphatic rings. The van der Waals surface area contributed by atoms with Gasteiger partial charge in [0.25, 0.3) is 0 Å². The van der Waals surface area contributed by atoms with Crippen molar-refractivity contribution in [2.45, 2.75) is 44.6 Å². The second kappa shape index (κ2) is 6.59. The van der Waals surface area contributed by atoms with Gasteiger partial charge in [0.15, 0.2) is 0 Å². The predicted octanol–water partition coefficient (Wildman–Crippen LogP) is 2.92. The first-order valence-corrected chi connectivity index (χ1v) is 7.99. The van der Waals surface area contributed by atoms with Crippen LogP contribution in [0.5, 0.6) is 5.75 Å². The van der Waals surface area contributed by atoms with Crippen molar-refractivity contribution in [3.05, 3.63) is 29.3 Å². The quantitative estimate of drug-likeness (QED) is 0.917. The molecule has 1 aliphatic heterocycles. The fourth-order valence-electron chi connectivity index (χ4n) is 3.32. The summed E-state index contributed by atoms with van der Waals surface area (Å²) in [6.45, 7) is 4.19. The summed E-state index contributed by atoms with van der Waals surface area (Å²) in [6.07, 6.45) is 6.77. The molecule has 1 aromatic carbocycles. The van der Waals surface area contributed by atoms with Gasteiger partial charge in [0.05, 0.1) is 6.10 Å². The van der Waals surface area contributed by atoms with E-state index in [2.05, 4.69) is 11.0 Å². The summed E-state index contributed by atoms with van der Waals surface area (Å²) in [5.74, 6) is 0.904. The van der Waals surface area contributed by atoms with Crippen molar-refractivity contribution in [1.82, 2.24) is 4.90 Å². The number of hydrogen-bond acceptors (Lipinski definition) is 3. The Morgan fingerprint density at radius 1 is 1.15 bits per heavy atom. The maximum absolute atomic E-state index is 10.1. The second-order valence-corrected chi connectivity index (χ2v) is 6.02. The molecule has 0 spiro atoms. The molecular formula is C17H25NO2. The van der Waals surface area contributed by atoms with Gasteiger partial charge >= 0.3 is 0 Å². The van der Waals surface area contributed by atoms with Gasteiger partial charge < -0.3 is 9.84 Å². The first-order chi connectivity index (χ1) is 9.83. The Morgan fingerprint density at radius 3 is 2.85 bits per heavy atom. The van der Waals surface area contributed by atoms with E-state index in [0.29, 0.717) is 0 Å². The molecule has 3 heteroatoms. The maximum atomic E-state index is 10.1. The summed E-state index contributed by atoms with van der Waals surface area (Å²) in [4.78, 5) is 2.48. The molecular weight excluding hydrogens is 250 g/mol. The third-order valence-corrected chi connectivity index (χ3v) is 4.52. The minimum atomic E-state index is -0.301. The smallest absolute Gasteiger partial charge is 0.119 e. The molecule has 0 saturated carbocycles. The zero-order valence-corrected chi connectivity index (χ0v) is 12.2. The predicted molar refractivity (Wildman–Crippen MR) is 80.1 cm³/mol. The monoisotopic (exact) mass is 275 g/mol. The van der Waals surface area contributed by atoms with Crippen LogP contribution in [-0.2, 0) is 6.42 Å². The highest BCUT2D eigenvalue weighted by Gasteiger charge is 2.18. The Bertz CT molecular complexity index is 441. The van der Waals surface area contributed by atoms with Gasteiger partial charge in [-0.05, 0) is 68.5 Å². The largest absolute Gasteiger partial charge is 0.492 e. The van der Waals surface area contributed by atoms with Gasteiger partial charge in [0.2, 0.25) is 0 Å². The molecule has 1 fully saturated rings. The first kappa shape index (κ1) is 13.9. The van der Waals surface area contributed by atoms with Crippen molar-refractivity contribution < 1.29 is 9.84 Å². The van der Waals surface area contributed by atoms with Crippen LogP contribution >= 0.6 is 0 Å². The number of likely N-dealkylation sites (tertiary alicyclic amines) is 1. The van der Waals surface area contributed by atoms with Crippen LogP contribution in [0.1, 0.15) is 49.3 Å². The SMILES string of the molecule is OC1CCCc2ccc(OCCN3CCCCC3)cc21. The van der Waals surface area contributed by atoms with Crippen LogP contribution in [0.15, 0.2) is 18.2 Å². The molecule has 110 valence electrons. The van der Waals surface area contributed by atoms with Gasteiger partial charge in [0.1, 0.15) is 12.4 Å². The maximum Gasteiger partial charge on any atom is 0.119 e. The van der Waals surface area contributed by atoms with Gasteiger partial charge in [-0.1, -0.05) is 12.5 Å². The summed E-state index contributed by atoms with van der Waals surface area (Å²) in [5, 5.41) is 10.1. The molecule has 1 heterocycles. The molecule has 1 N–H and O–H groups in total. The normalized spacial score (nSPS) is 23.4. The van der Waals surface area contributed by atoms with Crippen LogP contribution in [0.25, 0.3) is 0 Å². The van der Waals surface area contributed by atoms with E-state index in [4.69, 9.17) is 4.74 Å². The summed E-state index contributed by atoms with van der Waals surface area (Å²) >= 11 is 0. The Kier molecular flexibility index (Phi) is 4.58. The van der Waals surface area contributed by atoms with E-state index >= 15 is 0 Å². The van der Waals surface area contributed by atoms with E-state index in [1.54, 1.807) is 0 Å². The van der Waals surface area contributed by atoms with Crippen molar-refractivity contribution >= 4 is 0 Å². The molecule has 0 aromatic heterocycles. The zero-order valence-electron chi connectivity index (χ0n) is 12.2. The highest BCUT2D eigenvalue weighted by molar-refractivity contribution is 5.38. The van der Waals surface area contributed by atoms with E-state index in [1.165, 1.54) is 37.9 Å². The van der Waals surface area contributed by atoms with Crippen molar-refractivity contribution in [2.75, 3.05) is 26.2 Å². The number of rotatable bonds is 4. The van der Waals surface area contributed by atoms with E-state index in [9.17, 15) is 5.11 Å². The Morgan fingerprint density at radius 2 is 2.00 bits per heavy atom. The fourth-order valence-corrected chi connectivity index (χ4v) is 3.32. The van der Waals surface area contributed by atoms with Crippen molar-refractivity contribution in [3.63, 3.8) is 0 Å². The van der Waals surface area contributed by atoms with Gasteiger partial charge in [-0.3, -0.25) is 4.90 Å². The molecule has 1 atom stereocenters. The van der Waals surface area contributed by atoms with Crippen LogP contribution < -0.4 is 4.74 Å². The molecule has 1 aliphatic carbocycles. The average molecular weight is 275 g/mol. The van der Waals surface area contributed by atoms with Gasteiger partial charge in [-0.15, -0.1) is 0 Å². The summed E-state index contributed by atoms with van der Waals surface area (Å²) < 4.78 is 5.87. The average Bonchev–Trinajstić information content (AvgIpc) is 2.49. The summed E-state index contributed by atoms with van der Waals surface area (Å²) in [7, 11) is 0. The molecule has 0 radical (unpaired) electrons. The number of ether oxygens (including phenoxy) is 1. The molecule has 0 bridgehead atoms. The molecule has 1 aromatic rings. The van der Waals surface area contributed by atoms with E-state index in [-0.39, 0.29) is 6.10 Å². The zero-order chi connectivity index (χ0) is 13.8. The van der Waals surface area contributed by atoms with Crippen LogP contribution in [0.3, 0.4) is 0 Å². The highest BCUT2D eigenvalue weighted by Crippen LogP contribution is 2.32. The lowest BCUT2D eigenvalue weighted by atomic mass is 9.89. The molecule has 20 heavy (non-hydrogen) atoms. The standard InChI is InChI=1S/C17H25NO2/c19-17-6-4-5-14-7-8-15(13-16(14)17)20-12-11-18-9-2-1-3-10-18/h7-8,13,17,19H,1-6,9-12H2. The fraction of sp³-hybridized carbons (Fsp3) is 0.647. The summed E-state index contributed by atoms with van der Waals surface area (Å²) in [6, 6.07) is 6.20. The third-order valence-electron chi connectivity index (χ3n) is 4.52. The van der Waals surface area contributed by atoms with Crippen LogP contribution in [-0.4, -0.2) is 36.2 Å². The molecule has 3 rings (SSSR count). The lowest BCUT2D eigenvalue weighted by Gasteiger charge is -2.26. The van der Waals surface area contributed by atoms with Crippen LogP contribution in [0, 0.1) is 0 Å². The van der Waals surface area contributed by atoms with Crippen molar-refractivity contribution in [3.8, 4) is 5.75 Å². The van der Waals surface area contributed by atoms with Gasteiger partial charge in [-0.25, -0.2) is 0 Å². The van der Waals surface area contributed by atoms with E-state index in [0.717, 1.165) is 43.7 Å². The molecule has 1 saturated heterocycles. The minimum Gasteiger partial charge on any atom is -0.492 e. The lowest BCUT2D eigenvalue weighted by Crippen LogP contribution is -2.33. The van der Waals surface area contributed by atoms with Crippen molar-refractivity contribution in [1.29, 1.82) is 0 Å². The number of benzene rings is 1. The Hall–Kier alpha value is -1.06. The third kappa shape index (κ3) is 3.33. The molecule has 1 unspecified atom stereocenters. The van der Waals surface area contributed by atoms with Crippen molar-refractivity contribution in [2.24, 2.45) is 0 Å². The van der Waals surface area contributed by atoms with Crippen LogP contribution in [0.2, 0.25) is 0 Å². The van der Waals surface area contributed by atoms with Gasteiger partial charge in [0, 0.05) is 6.54 Å². The number of hydrogen-bond donors (Lipinski definition) is 1. The Balaban J connectivity index is 1.53. The second-order valence-electron chi connectivity index (χ2n) is 6.02. The number of aliphatic hydroxyl groups excluding tert-OH is 1. The highest BCUT2D eigenvalue weighted by atomic mass is 16.5.